The summed E-state index contributed by atoms with van der Waals surface area (Å²) in [7, 11) is -4.49. The maximum absolute atomic E-state index is 13.6. The van der Waals surface area contributed by atoms with Crippen molar-refractivity contribution in [1.82, 2.24) is 25.3 Å². The Balaban J connectivity index is 1.56. The highest BCUT2D eigenvalue weighted by Gasteiger charge is 2.35. The van der Waals surface area contributed by atoms with Crippen molar-refractivity contribution in [2.75, 3.05) is 6.54 Å². The first-order chi connectivity index (χ1) is 21.8. The number of amides is 2. The van der Waals surface area contributed by atoms with Gasteiger partial charge < -0.3 is 11.1 Å². The van der Waals surface area contributed by atoms with Crippen molar-refractivity contribution in [3.63, 3.8) is 0 Å². The van der Waals surface area contributed by atoms with Crippen LogP contribution in [0.25, 0.3) is 16.9 Å². The van der Waals surface area contributed by atoms with Gasteiger partial charge in [-0.3, -0.25) is 19.8 Å². The predicted octanol–water partition coefficient (Wildman–Crippen LogP) is 3.54. The fourth-order valence-corrected chi connectivity index (χ4v) is 5.32. The van der Waals surface area contributed by atoms with Gasteiger partial charge in [0.15, 0.2) is 5.69 Å². The third-order valence-corrected chi connectivity index (χ3v) is 8.04. The maximum atomic E-state index is 13.6. The third kappa shape index (κ3) is 8.48. The van der Waals surface area contributed by atoms with Crippen molar-refractivity contribution in [2.45, 2.75) is 36.9 Å². The summed E-state index contributed by atoms with van der Waals surface area (Å²) in [6.45, 7) is 1.88. The smallest absolute Gasteiger partial charge is 0.368 e. The van der Waals surface area contributed by atoms with Crippen LogP contribution in [-0.4, -0.2) is 53.8 Å². The quantitative estimate of drug-likeness (QED) is 0.0703. The van der Waals surface area contributed by atoms with Crippen molar-refractivity contribution < 1.29 is 36.4 Å². The van der Waals surface area contributed by atoms with Gasteiger partial charge in [-0.15, -0.1) is 0 Å². The molecule has 1 atom stereocenters. The lowest BCUT2D eigenvalue weighted by Crippen LogP contribution is -2.48. The van der Waals surface area contributed by atoms with E-state index in [9.17, 15) is 31.2 Å². The highest BCUT2D eigenvalue weighted by molar-refractivity contribution is 7.90. The molecule has 0 saturated heterocycles. The van der Waals surface area contributed by atoms with Crippen LogP contribution in [0, 0.1) is 6.92 Å². The maximum Gasteiger partial charge on any atom is 0.435 e. The molecule has 242 valence electrons. The number of carbonyl (C=O) groups is 2. The lowest BCUT2D eigenvalue weighted by atomic mass is 10.1. The topological polar surface area (TPSA) is 181 Å². The number of nitrogens with two attached hydrogens (primary N) is 1. The van der Waals surface area contributed by atoms with Gasteiger partial charge >= 0.3 is 6.18 Å². The minimum Gasteiger partial charge on any atom is -0.368 e. The number of rotatable bonds is 11. The van der Waals surface area contributed by atoms with E-state index >= 15 is 0 Å². The van der Waals surface area contributed by atoms with Crippen LogP contribution < -0.4 is 21.3 Å². The van der Waals surface area contributed by atoms with Crippen LogP contribution in [-0.2, 0) is 21.0 Å². The number of guanidine groups is 1. The van der Waals surface area contributed by atoms with Crippen LogP contribution in [0.4, 0.5) is 13.2 Å². The lowest BCUT2D eigenvalue weighted by Gasteiger charge is -2.18. The molecule has 1 aromatic heterocycles. The third-order valence-electron chi connectivity index (χ3n) is 6.68. The molecule has 2 amide bonds. The number of aliphatic imine (C=N–C) groups is 1. The molecule has 4 aromatic rings. The molecule has 12 nitrogen and oxygen atoms in total. The summed E-state index contributed by atoms with van der Waals surface area (Å²) in [5.74, 6) is -1.92. The van der Waals surface area contributed by atoms with Crippen LogP contribution in [0.5, 0.6) is 0 Å². The van der Waals surface area contributed by atoms with E-state index in [1.165, 1.54) is 24.3 Å². The summed E-state index contributed by atoms with van der Waals surface area (Å²) < 4.78 is 70.0. The number of carbonyl (C=O) groups excluding carboxylic acids is 2. The van der Waals surface area contributed by atoms with E-state index in [2.05, 4.69) is 15.4 Å². The highest BCUT2D eigenvalue weighted by atomic mass is 32.2. The average Bonchev–Trinajstić information content (AvgIpc) is 3.49. The molecule has 0 spiro atoms. The first-order valence-corrected chi connectivity index (χ1v) is 15.2. The molecule has 0 saturated carbocycles. The summed E-state index contributed by atoms with van der Waals surface area (Å²) in [6, 6.07) is 19.1. The first kappa shape index (κ1) is 33.7. The lowest BCUT2D eigenvalue weighted by molar-refractivity contribution is -0.141. The molecule has 3 aromatic carbocycles. The molecule has 6 N–H and O–H groups in total. The average molecular weight is 658 g/mol. The Labute approximate surface area is 262 Å². The zero-order chi connectivity index (χ0) is 33.5. The summed E-state index contributed by atoms with van der Waals surface area (Å²) in [4.78, 5) is 29.4. The molecule has 0 radical (unpaired) electrons. The Morgan fingerprint density at radius 3 is 2.28 bits per heavy atom. The van der Waals surface area contributed by atoms with Crippen LogP contribution >= 0.6 is 0 Å². The summed E-state index contributed by atoms with van der Waals surface area (Å²) >= 11 is 0. The van der Waals surface area contributed by atoms with Gasteiger partial charge in [0.1, 0.15) is 6.04 Å². The van der Waals surface area contributed by atoms with Crippen molar-refractivity contribution in [3.8, 4) is 16.9 Å². The summed E-state index contributed by atoms with van der Waals surface area (Å²) in [5, 5.41) is 15.0. The van der Waals surface area contributed by atoms with Crippen LogP contribution in [0.2, 0.25) is 0 Å². The van der Waals surface area contributed by atoms with Crippen molar-refractivity contribution >= 4 is 27.8 Å². The molecule has 16 heteroatoms. The number of nitrogens with zero attached hydrogens (tertiary/aromatic N) is 3. The van der Waals surface area contributed by atoms with E-state index in [0.29, 0.717) is 5.56 Å². The van der Waals surface area contributed by atoms with Crippen molar-refractivity contribution in [2.24, 2.45) is 10.7 Å². The summed E-state index contributed by atoms with van der Waals surface area (Å²) in [6.07, 6.45) is -4.58. The predicted molar refractivity (Wildman–Crippen MR) is 162 cm³/mol. The molecule has 1 heterocycles. The minimum atomic E-state index is -4.72. The molecule has 0 bridgehead atoms. The number of aryl methyl sites for hydroxylation is 1. The van der Waals surface area contributed by atoms with Crippen LogP contribution in [0.1, 0.15) is 34.5 Å². The number of hydrogen-bond donors (Lipinski definition) is 5. The molecule has 0 fully saturated rings. The fraction of sp³-hybridized carbons (Fsp3) is 0.200. The molecular formula is C30H30F3N7O5S. The van der Waals surface area contributed by atoms with Crippen molar-refractivity contribution in [1.29, 1.82) is 0 Å². The zero-order valence-electron chi connectivity index (χ0n) is 24.3. The van der Waals surface area contributed by atoms with Gasteiger partial charge in [-0.2, -0.15) is 18.3 Å². The van der Waals surface area contributed by atoms with Gasteiger partial charge in [0.25, 0.3) is 21.8 Å². The van der Waals surface area contributed by atoms with Gasteiger partial charge in [-0.1, -0.05) is 48.0 Å². The number of benzene rings is 3. The van der Waals surface area contributed by atoms with Gasteiger partial charge in [-0.05, 0) is 62.2 Å². The van der Waals surface area contributed by atoms with Gasteiger partial charge in [0, 0.05) is 17.7 Å². The van der Waals surface area contributed by atoms with E-state index in [1.54, 1.807) is 47.9 Å². The van der Waals surface area contributed by atoms with E-state index < -0.39 is 39.7 Å². The number of sulfonamides is 1. The molecule has 1 unspecified atom stereocenters. The first-order valence-electron chi connectivity index (χ1n) is 13.8. The molecule has 46 heavy (non-hydrogen) atoms. The standard InChI is InChI=1S/C30H30F3N7O5S/c1-19-9-11-20(12-10-19)25-18-26(30(31,32)33)37-40(25)22-13-15-23(16-14-22)46(44,45)39-28(42)24(8-5-17-35-29(34)38-43)36-27(41)21-6-3-2-4-7-21/h2-4,6-7,9-16,18,24,43H,5,8,17H2,1H3,(H,36,41)(H,39,42)(H3,34,35,38). The van der Waals surface area contributed by atoms with Gasteiger partial charge in [0.05, 0.1) is 16.3 Å². The Morgan fingerprint density at radius 1 is 1.02 bits per heavy atom. The number of alkyl halides is 3. The van der Waals surface area contributed by atoms with E-state index in [-0.39, 0.29) is 47.2 Å². The minimum absolute atomic E-state index is 0.0380. The molecule has 4 rings (SSSR count). The Kier molecular flexibility index (Phi) is 10.4. The zero-order valence-corrected chi connectivity index (χ0v) is 25.1. The molecule has 0 aliphatic rings. The normalized spacial score (nSPS) is 12.8. The van der Waals surface area contributed by atoms with Crippen molar-refractivity contribution in [3.05, 3.63) is 102 Å². The second-order valence-corrected chi connectivity index (χ2v) is 11.7. The Hall–Kier alpha value is -5.22. The molecular weight excluding hydrogens is 627 g/mol. The second kappa shape index (κ2) is 14.3. The number of hydrogen-bond acceptors (Lipinski definition) is 7. The second-order valence-electron chi connectivity index (χ2n) is 10.1. The monoisotopic (exact) mass is 657 g/mol. The Bertz CT molecular complexity index is 1810. The number of nitrogens with one attached hydrogen (secondary N) is 3. The van der Waals surface area contributed by atoms with E-state index in [1.807, 2.05) is 11.6 Å². The van der Waals surface area contributed by atoms with E-state index in [4.69, 9.17) is 10.9 Å². The number of aromatic nitrogens is 2. The number of hydroxylamine groups is 1. The van der Waals surface area contributed by atoms with Gasteiger partial charge in [-0.25, -0.2) is 23.3 Å². The van der Waals surface area contributed by atoms with E-state index in [0.717, 1.165) is 28.4 Å². The summed E-state index contributed by atoms with van der Waals surface area (Å²) in [5.41, 5.74) is 7.78. The van der Waals surface area contributed by atoms with Crippen LogP contribution in [0.3, 0.4) is 0 Å². The highest BCUT2D eigenvalue weighted by Crippen LogP contribution is 2.33. The van der Waals surface area contributed by atoms with Gasteiger partial charge in [0.2, 0.25) is 5.96 Å². The SMILES string of the molecule is Cc1ccc(-c2cc(C(F)(F)F)nn2-c2ccc(S(=O)(=O)NC(=O)C(CCCN=C(N)NO)NC(=O)c3ccccc3)cc2)cc1. The fourth-order valence-electron chi connectivity index (χ4n) is 4.31. The largest absolute Gasteiger partial charge is 0.435 e. The molecule has 0 aliphatic carbocycles. The number of halogens is 3. The van der Waals surface area contributed by atoms with Crippen LogP contribution in [0.15, 0.2) is 94.8 Å². The Morgan fingerprint density at radius 2 is 1.67 bits per heavy atom. The molecule has 0 aliphatic heterocycles.